The average molecular weight is 179 g/mol. The van der Waals surface area contributed by atoms with E-state index in [-0.39, 0.29) is 11.6 Å². The van der Waals surface area contributed by atoms with Crippen LogP contribution in [0, 0.1) is 0 Å². The monoisotopic (exact) mass is 179 g/mol. The fourth-order valence-corrected chi connectivity index (χ4v) is 1.00. The molecule has 0 amide bonds. The van der Waals surface area contributed by atoms with Crippen LogP contribution in [0.5, 0.6) is 0 Å². The molecular weight excluding hydrogens is 170 g/mol. The molecule has 0 aliphatic rings. The van der Waals surface area contributed by atoms with Gasteiger partial charge in [0.15, 0.2) is 17.1 Å². The van der Waals surface area contributed by atoms with E-state index in [1.54, 1.807) is 0 Å². The number of hydrogen-bond acceptors (Lipinski definition) is 4. The van der Waals surface area contributed by atoms with E-state index in [4.69, 9.17) is 0 Å². The van der Waals surface area contributed by atoms with Crippen LogP contribution < -0.4 is 5.69 Å². The Labute approximate surface area is 73.4 Å². The Balaban J connectivity index is 2.68. The molecule has 0 aromatic carbocycles. The van der Waals surface area contributed by atoms with Gasteiger partial charge in [0.1, 0.15) is 0 Å². The average Bonchev–Trinajstić information content (AvgIpc) is 2.42. The molecule has 0 saturated heterocycles. The van der Waals surface area contributed by atoms with E-state index in [9.17, 15) is 4.79 Å². The number of imidazole rings is 1. The van der Waals surface area contributed by atoms with Gasteiger partial charge in [-0.25, -0.2) is 9.78 Å². The lowest BCUT2D eigenvalue weighted by molar-refractivity contribution is 0.748. The second-order valence-electron chi connectivity index (χ2n) is 3.10. The molecule has 0 saturated carbocycles. The molecule has 0 atom stereocenters. The summed E-state index contributed by atoms with van der Waals surface area (Å²) in [4.78, 5) is 20.0. The topological polar surface area (TPSA) is 87.3 Å². The number of aromatic amines is 2. The standard InChI is InChI=1S/C7H9N5O/c1-3(2)4-8-5-6(12-11-4)10-7(13)9-5/h3H,1-2H3,(H2,8,9,10,11,12,13). The maximum Gasteiger partial charge on any atom is 0.326 e. The second-order valence-corrected chi connectivity index (χ2v) is 3.10. The van der Waals surface area contributed by atoms with E-state index in [1.807, 2.05) is 13.8 Å². The minimum absolute atomic E-state index is 0.204. The normalized spacial score (nSPS) is 11.3. The first-order valence-electron chi connectivity index (χ1n) is 3.99. The molecule has 2 aromatic heterocycles. The highest BCUT2D eigenvalue weighted by atomic mass is 16.1. The van der Waals surface area contributed by atoms with Crippen molar-refractivity contribution in [2.24, 2.45) is 0 Å². The van der Waals surface area contributed by atoms with Crippen molar-refractivity contribution in [3.8, 4) is 0 Å². The van der Waals surface area contributed by atoms with Crippen LogP contribution in [0.15, 0.2) is 4.79 Å². The van der Waals surface area contributed by atoms with Gasteiger partial charge in [0.05, 0.1) is 0 Å². The zero-order chi connectivity index (χ0) is 9.42. The maximum absolute atomic E-state index is 10.9. The smallest absolute Gasteiger partial charge is 0.289 e. The van der Waals surface area contributed by atoms with Crippen molar-refractivity contribution in [3.63, 3.8) is 0 Å². The van der Waals surface area contributed by atoms with Crippen LogP contribution in [0.25, 0.3) is 11.3 Å². The molecule has 6 heteroatoms. The lowest BCUT2D eigenvalue weighted by Crippen LogP contribution is -2.00. The van der Waals surface area contributed by atoms with Crippen LogP contribution in [0.1, 0.15) is 25.6 Å². The highest BCUT2D eigenvalue weighted by Gasteiger charge is 2.06. The first kappa shape index (κ1) is 7.90. The molecule has 68 valence electrons. The first-order valence-corrected chi connectivity index (χ1v) is 3.99. The minimum atomic E-state index is -0.308. The second kappa shape index (κ2) is 2.65. The van der Waals surface area contributed by atoms with Gasteiger partial charge >= 0.3 is 5.69 Å². The Kier molecular flexibility index (Phi) is 1.61. The van der Waals surface area contributed by atoms with Crippen LogP contribution in [-0.4, -0.2) is 25.1 Å². The van der Waals surface area contributed by atoms with Crippen molar-refractivity contribution in [3.05, 3.63) is 16.3 Å². The summed E-state index contributed by atoms with van der Waals surface area (Å²) in [6.45, 7) is 3.93. The maximum atomic E-state index is 10.9. The van der Waals surface area contributed by atoms with Crippen LogP contribution in [0.3, 0.4) is 0 Å². The molecule has 0 fully saturated rings. The number of H-pyrrole nitrogens is 2. The third kappa shape index (κ3) is 1.30. The molecular formula is C7H9N5O. The van der Waals surface area contributed by atoms with Crippen molar-refractivity contribution >= 4 is 11.3 Å². The van der Waals surface area contributed by atoms with Gasteiger partial charge in [-0.15, -0.1) is 10.2 Å². The quantitative estimate of drug-likeness (QED) is 0.653. The van der Waals surface area contributed by atoms with Crippen LogP contribution >= 0.6 is 0 Å². The lowest BCUT2D eigenvalue weighted by Gasteiger charge is -1.99. The number of hydrogen-bond donors (Lipinski definition) is 2. The summed E-state index contributed by atoms with van der Waals surface area (Å²) in [7, 11) is 0. The Bertz CT molecular complexity index is 483. The Morgan fingerprint density at radius 2 is 1.85 bits per heavy atom. The van der Waals surface area contributed by atoms with E-state index < -0.39 is 0 Å². The van der Waals surface area contributed by atoms with E-state index in [0.29, 0.717) is 17.1 Å². The molecule has 13 heavy (non-hydrogen) atoms. The third-order valence-corrected chi connectivity index (χ3v) is 1.68. The molecule has 0 spiro atoms. The van der Waals surface area contributed by atoms with Gasteiger partial charge in [-0.1, -0.05) is 13.8 Å². The van der Waals surface area contributed by atoms with Gasteiger partial charge in [0.2, 0.25) is 0 Å². The molecule has 2 heterocycles. The van der Waals surface area contributed by atoms with Gasteiger partial charge in [0.25, 0.3) is 0 Å². The molecule has 0 radical (unpaired) electrons. The molecule has 6 nitrogen and oxygen atoms in total. The fraction of sp³-hybridized carbons (Fsp3) is 0.429. The van der Waals surface area contributed by atoms with Gasteiger partial charge in [-0.3, -0.25) is 9.97 Å². The summed E-state index contributed by atoms with van der Waals surface area (Å²) in [5, 5.41) is 7.69. The number of aromatic nitrogens is 5. The van der Waals surface area contributed by atoms with E-state index in [1.165, 1.54) is 0 Å². The lowest BCUT2D eigenvalue weighted by atomic mass is 10.2. The number of rotatable bonds is 1. The number of nitrogens with one attached hydrogen (secondary N) is 2. The van der Waals surface area contributed by atoms with Crippen molar-refractivity contribution in [1.82, 2.24) is 25.1 Å². The highest BCUT2D eigenvalue weighted by Crippen LogP contribution is 2.08. The summed E-state index contributed by atoms with van der Waals surface area (Å²) >= 11 is 0. The largest absolute Gasteiger partial charge is 0.326 e. The SMILES string of the molecule is CC(C)c1nnc2[nH]c(=O)[nH]c2n1. The Morgan fingerprint density at radius 1 is 1.15 bits per heavy atom. The summed E-state index contributed by atoms with van der Waals surface area (Å²) in [5.74, 6) is 0.832. The van der Waals surface area contributed by atoms with Crippen molar-refractivity contribution < 1.29 is 0 Å². The zero-order valence-corrected chi connectivity index (χ0v) is 7.33. The summed E-state index contributed by atoms with van der Waals surface area (Å²) in [6.07, 6.45) is 0. The summed E-state index contributed by atoms with van der Waals surface area (Å²) in [5.41, 5.74) is 0.552. The summed E-state index contributed by atoms with van der Waals surface area (Å²) < 4.78 is 0. The fourth-order valence-electron chi connectivity index (χ4n) is 1.00. The third-order valence-electron chi connectivity index (χ3n) is 1.68. The molecule has 2 aromatic rings. The molecule has 2 N–H and O–H groups in total. The van der Waals surface area contributed by atoms with E-state index in [0.717, 1.165) is 0 Å². The number of nitrogens with zero attached hydrogens (tertiary/aromatic N) is 3. The van der Waals surface area contributed by atoms with Gasteiger partial charge in [-0.2, -0.15) is 0 Å². The van der Waals surface area contributed by atoms with Gasteiger partial charge in [-0.05, 0) is 0 Å². The molecule has 0 unspecified atom stereocenters. The van der Waals surface area contributed by atoms with Crippen LogP contribution in [0.2, 0.25) is 0 Å². The molecule has 0 aliphatic heterocycles. The Hall–Kier alpha value is -1.72. The molecule has 2 rings (SSSR count). The van der Waals surface area contributed by atoms with Crippen LogP contribution in [0.4, 0.5) is 0 Å². The number of fused-ring (bicyclic) bond motifs is 1. The predicted molar refractivity (Wildman–Crippen MR) is 46.4 cm³/mol. The van der Waals surface area contributed by atoms with Crippen molar-refractivity contribution in [2.45, 2.75) is 19.8 Å². The van der Waals surface area contributed by atoms with E-state index >= 15 is 0 Å². The van der Waals surface area contributed by atoms with Gasteiger partial charge < -0.3 is 0 Å². The van der Waals surface area contributed by atoms with Crippen molar-refractivity contribution in [1.29, 1.82) is 0 Å². The molecule has 0 bridgehead atoms. The predicted octanol–water partition coefficient (Wildman–Crippen LogP) is 0.165. The Morgan fingerprint density at radius 3 is 2.54 bits per heavy atom. The minimum Gasteiger partial charge on any atom is -0.289 e. The first-order chi connectivity index (χ1) is 6.16. The van der Waals surface area contributed by atoms with E-state index in [2.05, 4.69) is 25.1 Å². The van der Waals surface area contributed by atoms with Crippen molar-refractivity contribution in [2.75, 3.05) is 0 Å². The molecule has 0 aliphatic carbocycles. The highest BCUT2D eigenvalue weighted by molar-refractivity contribution is 5.62. The van der Waals surface area contributed by atoms with Gasteiger partial charge in [0, 0.05) is 5.92 Å². The zero-order valence-electron chi connectivity index (χ0n) is 7.33. The van der Waals surface area contributed by atoms with Crippen LogP contribution in [-0.2, 0) is 0 Å². The summed E-state index contributed by atoms with van der Waals surface area (Å²) in [6, 6.07) is 0.